The molecule has 2 heterocycles. The number of fused-ring (bicyclic) bond motifs is 1. The van der Waals surface area contributed by atoms with E-state index in [1.165, 1.54) is 0 Å². The Morgan fingerprint density at radius 1 is 1.00 bits per heavy atom. The van der Waals surface area contributed by atoms with Crippen LogP contribution in [0, 0.1) is 0 Å². The van der Waals surface area contributed by atoms with E-state index in [1.807, 2.05) is 30.3 Å². The quantitative estimate of drug-likeness (QED) is 0.910. The highest BCUT2D eigenvalue weighted by atomic mass is 16.6. The highest BCUT2D eigenvalue weighted by molar-refractivity contribution is 5.47. The Morgan fingerprint density at radius 2 is 1.95 bits per heavy atom. The van der Waals surface area contributed by atoms with Crippen LogP contribution in [0.15, 0.2) is 42.6 Å². The normalized spacial score (nSPS) is 13.3. The van der Waals surface area contributed by atoms with Gasteiger partial charge in [0.1, 0.15) is 13.2 Å². The van der Waals surface area contributed by atoms with Crippen LogP contribution in [0.3, 0.4) is 0 Å². The van der Waals surface area contributed by atoms with Crippen molar-refractivity contribution in [2.24, 2.45) is 0 Å². The summed E-state index contributed by atoms with van der Waals surface area (Å²) >= 11 is 0. The summed E-state index contributed by atoms with van der Waals surface area (Å²) in [5, 5.41) is 3.37. The van der Waals surface area contributed by atoms with Gasteiger partial charge in [-0.1, -0.05) is 18.2 Å². The number of hydrogen-bond donors (Lipinski definition) is 1. The third-order valence-electron chi connectivity index (χ3n) is 3.00. The van der Waals surface area contributed by atoms with Crippen molar-refractivity contribution >= 4 is 0 Å². The van der Waals surface area contributed by atoms with Crippen molar-refractivity contribution in [1.82, 2.24) is 10.3 Å². The second kappa shape index (κ2) is 5.71. The Morgan fingerprint density at radius 3 is 2.84 bits per heavy atom. The molecule has 19 heavy (non-hydrogen) atoms. The lowest BCUT2D eigenvalue weighted by atomic mass is 10.1. The van der Waals surface area contributed by atoms with Crippen molar-refractivity contribution in [2.75, 3.05) is 13.2 Å². The molecule has 0 aliphatic carbocycles. The number of benzene rings is 1. The number of rotatable bonds is 4. The van der Waals surface area contributed by atoms with E-state index in [9.17, 15) is 0 Å². The van der Waals surface area contributed by atoms with Gasteiger partial charge in [-0.3, -0.25) is 4.98 Å². The van der Waals surface area contributed by atoms with Crippen molar-refractivity contribution < 1.29 is 9.47 Å². The number of pyridine rings is 1. The van der Waals surface area contributed by atoms with Crippen LogP contribution in [0.2, 0.25) is 0 Å². The first-order chi connectivity index (χ1) is 9.43. The van der Waals surface area contributed by atoms with Crippen LogP contribution >= 0.6 is 0 Å². The Balaban J connectivity index is 1.64. The van der Waals surface area contributed by atoms with E-state index in [2.05, 4.69) is 16.4 Å². The molecule has 0 radical (unpaired) electrons. The SMILES string of the molecule is c1ccc(CNCc2cccc3c2OCCO3)nc1. The smallest absolute Gasteiger partial charge is 0.165 e. The van der Waals surface area contributed by atoms with Gasteiger partial charge in [0, 0.05) is 24.8 Å². The van der Waals surface area contributed by atoms with E-state index in [-0.39, 0.29) is 0 Å². The maximum absolute atomic E-state index is 5.68. The van der Waals surface area contributed by atoms with E-state index >= 15 is 0 Å². The first kappa shape index (κ1) is 12.0. The summed E-state index contributed by atoms with van der Waals surface area (Å²) in [7, 11) is 0. The molecule has 0 saturated carbocycles. The topological polar surface area (TPSA) is 43.4 Å². The second-order valence-electron chi connectivity index (χ2n) is 4.37. The average Bonchev–Trinajstić information content (AvgIpc) is 2.49. The van der Waals surface area contributed by atoms with Crippen molar-refractivity contribution in [1.29, 1.82) is 0 Å². The summed E-state index contributed by atoms with van der Waals surface area (Å²) in [4.78, 5) is 4.28. The zero-order valence-corrected chi connectivity index (χ0v) is 10.6. The molecule has 4 heteroatoms. The monoisotopic (exact) mass is 256 g/mol. The van der Waals surface area contributed by atoms with Gasteiger partial charge < -0.3 is 14.8 Å². The van der Waals surface area contributed by atoms with Gasteiger partial charge in [0.15, 0.2) is 11.5 Å². The van der Waals surface area contributed by atoms with E-state index in [0.717, 1.165) is 35.8 Å². The molecule has 3 rings (SSSR count). The Hall–Kier alpha value is -2.07. The molecule has 2 aromatic rings. The minimum Gasteiger partial charge on any atom is -0.486 e. The van der Waals surface area contributed by atoms with Crippen molar-refractivity contribution in [2.45, 2.75) is 13.1 Å². The van der Waals surface area contributed by atoms with E-state index in [0.29, 0.717) is 13.2 Å². The molecule has 4 nitrogen and oxygen atoms in total. The fraction of sp³-hybridized carbons (Fsp3) is 0.267. The first-order valence-corrected chi connectivity index (χ1v) is 6.41. The maximum atomic E-state index is 5.68. The van der Waals surface area contributed by atoms with Crippen LogP contribution in [0.25, 0.3) is 0 Å². The second-order valence-corrected chi connectivity index (χ2v) is 4.37. The molecular formula is C15H16N2O2. The predicted molar refractivity (Wildman–Crippen MR) is 72.2 cm³/mol. The predicted octanol–water partition coefficient (Wildman–Crippen LogP) is 2.14. The molecule has 1 aromatic carbocycles. The molecule has 0 bridgehead atoms. The van der Waals surface area contributed by atoms with Crippen LogP contribution < -0.4 is 14.8 Å². The van der Waals surface area contributed by atoms with Gasteiger partial charge in [-0.25, -0.2) is 0 Å². The van der Waals surface area contributed by atoms with Gasteiger partial charge in [0.25, 0.3) is 0 Å². The number of nitrogens with one attached hydrogen (secondary N) is 1. The van der Waals surface area contributed by atoms with Crippen LogP contribution in [-0.4, -0.2) is 18.2 Å². The number of ether oxygens (including phenoxy) is 2. The van der Waals surface area contributed by atoms with Crippen LogP contribution in [0.4, 0.5) is 0 Å². The third kappa shape index (κ3) is 2.85. The minimum atomic E-state index is 0.615. The first-order valence-electron chi connectivity index (χ1n) is 6.41. The molecule has 0 saturated heterocycles. The highest BCUT2D eigenvalue weighted by Crippen LogP contribution is 2.33. The molecule has 0 fully saturated rings. The standard InChI is InChI=1S/C15H16N2O2/c1-2-7-17-13(5-1)11-16-10-12-4-3-6-14-15(12)19-9-8-18-14/h1-7,16H,8-11H2. The fourth-order valence-corrected chi connectivity index (χ4v) is 2.10. The number of nitrogens with zero attached hydrogens (tertiary/aromatic N) is 1. The van der Waals surface area contributed by atoms with Gasteiger partial charge >= 0.3 is 0 Å². The summed E-state index contributed by atoms with van der Waals surface area (Å²) in [6, 6.07) is 11.9. The number of aromatic nitrogens is 1. The third-order valence-corrected chi connectivity index (χ3v) is 3.00. The Kier molecular flexibility index (Phi) is 3.61. The van der Waals surface area contributed by atoms with Crippen LogP contribution in [0.5, 0.6) is 11.5 Å². The number of para-hydroxylation sites is 1. The van der Waals surface area contributed by atoms with Gasteiger partial charge in [0.2, 0.25) is 0 Å². The highest BCUT2D eigenvalue weighted by Gasteiger charge is 2.14. The largest absolute Gasteiger partial charge is 0.486 e. The van der Waals surface area contributed by atoms with Gasteiger partial charge in [0.05, 0.1) is 5.69 Å². The Bertz CT molecular complexity index is 543. The van der Waals surface area contributed by atoms with Crippen molar-refractivity contribution in [3.8, 4) is 11.5 Å². The molecular weight excluding hydrogens is 240 g/mol. The zero-order chi connectivity index (χ0) is 12.9. The van der Waals surface area contributed by atoms with Crippen molar-refractivity contribution in [3.63, 3.8) is 0 Å². The Labute approximate surface area is 112 Å². The minimum absolute atomic E-state index is 0.615. The maximum Gasteiger partial charge on any atom is 0.165 e. The van der Waals surface area contributed by atoms with Crippen molar-refractivity contribution in [3.05, 3.63) is 53.9 Å². The van der Waals surface area contributed by atoms with Crippen LogP contribution in [0.1, 0.15) is 11.3 Å². The average molecular weight is 256 g/mol. The summed E-state index contributed by atoms with van der Waals surface area (Å²) in [5.74, 6) is 1.70. The molecule has 0 atom stereocenters. The lowest BCUT2D eigenvalue weighted by Gasteiger charge is -2.21. The molecule has 98 valence electrons. The fourth-order valence-electron chi connectivity index (χ4n) is 2.10. The number of hydrogen-bond acceptors (Lipinski definition) is 4. The summed E-state index contributed by atoms with van der Waals surface area (Å²) in [6.45, 7) is 2.72. The van der Waals surface area contributed by atoms with E-state index < -0.39 is 0 Å². The molecule has 1 aliphatic heterocycles. The molecule has 0 unspecified atom stereocenters. The van der Waals surface area contributed by atoms with Gasteiger partial charge in [-0.2, -0.15) is 0 Å². The lowest BCUT2D eigenvalue weighted by molar-refractivity contribution is 0.169. The molecule has 0 spiro atoms. The summed E-state index contributed by atoms with van der Waals surface area (Å²) < 4.78 is 11.2. The van der Waals surface area contributed by atoms with Gasteiger partial charge in [-0.05, 0) is 18.2 Å². The molecule has 1 N–H and O–H groups in total. The zero-order valence-electron chi connectivity index (χ0n) is 10.6. The lowest BCUT2D eigenvalue weighted by Crippen LogP contribution is -2.19. The molecule has 1 aromatic heterocycles. The molecule has 1 aliphatic rings. The van der Waals surface area contributed by atoms with Gasteiger partial charge in [-0.15, -0.1) is 0 Å². The van der Waals surface area contributed by atoms with E-state index in [4.69, 9.17) is 9.47 Å². The summed E-state index contributed by atoms with van der Waals surface area (Å²) in [5.41, 5.74) is 2.15. The summed E-state index contributed by atoms with van der Waals surface area (Å²) in [6.07, 6.45) is 1.80. The van der Waals surface area contributed by atoms with E-state index in [1.54, 1.807) is 6.20 Å². The van der Waals surface area contributed by atoms with Crippen LogP contribution in [-0.2, 0) is 13.1 Å². The molecule has 0 amide bonds.